The highest BCUT2D eigenvalue weighted by Crippen LogP contribution is 2.15. The number of carbonyl (C=O) groups excluding carboxylic acids is 1. The summed E-state index contributed by atoms with van der Waals surface area (Å²) in [7, 11) is 0. The van der Waals surface area contributed by atoms with E-state index in [2.05, 4.69) is 34.7 Å². The van der Waals surface area contributed by atoms with Crippen molar-refractivity contribution in [2.75, 3.05) is 6.54 Å². The summed E-state index contributed by atoms with van der Waals surface area (Å²) in [4.78, 5) is 12.1. The van der Waals surface area contributed by atoms with Gasteiger partial charge >= 0.3 is 0 Å². The van der Waals surface area contributed by atoms with Crippen LogP contribution in [0.2, 0.25) is 0 Å². The van der Waals surface area contributed by atoms with Gasteiger partial charge in [0.1, 0.15) is 6.33 Å². The Morgan fingerprint density at radius 3 is 2.62 bits per heavy atom. The van der Waals surface area contributed by atoms with Crippen LogP contribution in [0.15, 0.2) is 30.6 Å². The van der Waals surface area contributed by atoms with Crippen LogP contribution in [0, 0.1) is 5.92 Å². The Bertz CT molecular complexity index is 636. The maximum atomic E-state index is 12.1. The summed E-state index contributed by atoms with van der Waals surface area (Å²) >= 11 is 0. The van der Waals surface area contributed by atoms with Crippen LogP contribution in [0.4, 0.5) is 0 Å². The third-order valence-electron chi connectivity index (χ3n) is 3.84. The second-order valence-electron chi connectivity index (χ2n) is 6.80. The highest BCUT2D eigenvalue weighted by atomic mass is 16.3. The summed E-state index contributed by atoms with van der Waals surface area (Å²) in [6.07, 6.45) is 3.39. The average Bonchev–Trinajstić information content (AvgIpc) is 3.07. The van der Waals surface area contributed by atoms with E-state index in [1.54, 1.807) is 11.6 Å². The molecule has 0 bridgehead atoms. The molecule has 0 saturated heterocycles. The van der Waals surface area contributed by atoms with E-state index >= 15 is 0 Å². The van der Waals surface area contributed by atoms with E-state index in [1.807, 2.05) is 24.3 Å². The minimum absolute atomic E-state index is 0.102. The van der Waals surface area contributed by atoms with Gasteiger partial charge < -0.3 is 10.4 Å². The van der Waals surface area contributed by atoms with Crippen molar-refractivity contribution in [1.82, 2.24) is 25.5 Å². The number of nitrogens with one attached hydrogen (secondary N) is 1. The van der Waals surface area contributed by atoms with E-state index in [9.17, 15) is 9.90 Å². The lowest BCUT2D eigenvalue weighted by atomic mass is 9.95. The summed E-state index contributed by atoms with van der Waals surface area (Å²) in [5.41, 5.74) is 0.857. The molecule has 1 aromatic carbocycles. The monoisotopic (exact) mass is 331 g/mol. The van der Waals surface area contributed by atoms with Crippen molar-refractivity contribution < 1.29 is 9.90 Å². The van der Waals surface area contributed by atoms with E-state index < -0.39 is 5.60 Å². The minimum Gasteiger partial charge on any atom is -0.388 e. The van der Waals surface area contributed by atoms with Gasteiger partial charge in [-0.25, -0.2) is 4.68 Å². The van der Waals surface area contributed by atoms with Crippen molar-refractivity contribution >= 4 is 5.91 Å². The molecule has 2 N–H and O–H groups in total. The number of benzene rings is 1. The smallest absolute Gasteiger partial charge is 0.224 e. The molecule has 0 radical (unpaired) electrons. The van der Waals surface area contributed by atoms with Gasteiger partial charge in [-0.1, -0.05) is 26.0 Å². The molecule has 1 atom stereocenters. The van der Waals surface area contributed by atoms with Gasteiger partial charge in [0, 0.05) is 6.54 Å². The van der Waals surface area contributed by atoms with Gasteiger partial charge in [0.25, 0.3) is 0 Å². The average molecular weight is 331 g/mol. The van der Waals surface area contributed by atoms with Crippen LogP contribution >= 0.6 is 0 Å². The van der Waals surface area contributed by atoms with Gasteiger partial charge in [-0.15, -0.1) is 5.10 Å². The number of carbonyl (C=O) groups is 1. The molecule has 0 aliphatic heterocycles. The molecule has 0 spiro atoms. The van der Waals surface area contributed by atoms with Crippen LogP contribution in [-0.2, 0) is 11.2 Å². The van der Waals surface area contributed by atoms with Crippen LogP contribution in [0.3, 0.4) is 0 Å². The first-order valence-corrected chi connectivity index (χ1v) is 8.17. The van der Waals surface area contributed by atoms with E-state index in [1.165, 1.54) is 6.33 Å². The van der Waals surface area contributed by atoms with Crippen LogP contribution in [0.25, 0.3) is 5.69 Å². The standard InChI is InChI=1S/C17H25N5O2/c1-13(2)8-9-17(3,24)11-18-16(23)10-14-4-6-15(7-5-14)22-12-19-20-21-22/h4-7,12-13,24H,8-11H2,1-3H3,(H,18,23). The molecule has 0 aliphatic carbocycles. The largest absolute Gasteiger partial charge is 0.388 e. The van der Waals surface area contributed by atoms with Crippen molar-refractivity contribution in [3.63, 3.8) is 0 Å². The van der Waals surface area contributed by atoms with Gasteiger partial charge in [0.05, 0.1) is 17.7 Å². The lowest BCUT2D eigenvalue weighted by molar-refractivity contribution is -0.121. The summed E-state index contributed by atoms with van der Waals surface area (Å²) in [5.74, 6) is 0.431. The fraction of sp³-hybridized carbons (Fsp3) is 0.529. The fourth-order valence-corrected chi connectivity index (χ4v) is 2.27. The highest BCUT2D eigenvalue weighted by Gasteiger charge is 2.21. The van der Waals surface area contributed by atoms with Crippen LogP contribution in [0.5, 0.6) is 0 Å². The van der Waals surface area contributed by atoms with Crippen molar-refractivity contribution in [3.05, 3.63) is 36.2 Å². The lowest BCUT2D eigenvalue weighted by Crippen LogP contribution is -2.41. The van der Waals surface area contributed by atoms with E-state index in [-0.39, 0.29) is 18.9 Å². The van der Waals surface area contributed by atoms with Crippen LogP contribution in [0.1, 0.15) is 39.2 Å². The Balaban J connectivity index is 1.82. The van der Waals surface area contributed by atoms with E-state index in [0.717, 1.165) is 17.7 Å². The first-order valence-electron chi connectivity index (χ1n) is 8.17. The Kier molecular flexibility index (Phi) is 6.03. The van der Waals surface area contributed by atoms with Gasteiger partial charge in [0.15, 0.2) is 0 Å². The molecule has 1 unspecified atom stereocenters. The fourth-order valence-electron chi connectivity index (χ4n) is 2.27. The summed E-state index contributed by atoms with van der Waals surface area (Å²) in [5, 5.41) is 24.1. The Labute approximate surface area is 142 Å². The van der Waals surface area contributed by atoms with Crippen LogP contribution in [-0.4, -0.2) is 43.4 Å². The maximum Gasteiger partial charge on any atom is 0.224 e. The first kappa shape index (κ1) is 18.1. The Hall–Kier alpha value is -2.28. The van der Waals surface area contributed by atoms with Gasteiger partial charge in [-0.2, -0.15) is 0 Å². The SMILES string of the molecule is CC(C)CCC(C)(O)CNC(=O)Cc1ccc(-n2cnnn2)cc1. The first-order chi connectivity index (χ1) is 11.4. The molecule has 0 aliphatic rings. The minimum atomic E-state index is -0.871. The molecule has 1 heterocycles. The number of aliphatic hydroxyl groups is 1. The van der Waals surface area contributed by atoms with E-state index in [4.69, 9.17) is 0 Å². The molecule has 130 valence electrons. The molecule has 0 saturated carbocycles. The summed E-state index contributed by atoms with van der Waals surface area (Å²) in [6.45, 7) is 6.26. The number of hydrogen-bond acceptors (Lipinski definition) is 5. The lowest BCUT2D eigenvalue weighted by Gasteiger charge is -2.24. The number of amides is 1. The Morgan fingerprint density at radius 2 is 2.04 bits per heavy atom. The zero-order chi connectivity index (χ0) is 17.6. The molecule has 24 heavy (non-hydrogen) atoms. The zero-order valence-electron chi connectivity index (χ0n) is 14.4. The van der Waals surface area contributed by atoms with Gasteiger partial charge in [-0.05, 0) is 53.8 Å². The van der Waals surface area contributed by atoms with Crippen molar-refractivity contribution in [3.8, 4) is 5.69 Å². The van der Waals surface area contributed by atoms with Crippen molar-refractivity contribution in [2.24, 2.45) is 5.92 Å². The molecule has 2 aromatic rings. The number of hydrogen-bond donors (Lipinski definition) is 2. The maximum absolute atomic E-state index is 12.1. The third kappa shape index (κ3) is 5.73. The molecule has 7 heteroatoms. The third-order valence-corrected chi connectivity index (χ3v) is 3.84. The highest BCUT2D eigenvalue weighted by molar-refractivity contribution is 5.78. The topological polar surface area (TPSA) is 92.9 Å². The molecule has 1 aromatic heterocycles. The van der Waals surface area contributed by atoms with Gasteiger partial charge in [-0.3, -0.25) is 4.79 Å². The normalized spacial score (nSPS) is 13.7. The summed E-state index contributed by atoms with van der Waals surface area (Å²) < 4.78 is 1.55. The Morgan fingerprint density at radius 1 is 1.33 bits per heavy atom. The molecular weight excluding hydrogens is 306 g/mol. The zero-order valence-corrected chi connectivity index (χ0v) is 14.4. The summed E-state index contributed by atoms with van der Waals surface area (Å²) in [6, 6.07) is 7.45. The number of tetrazole rings is 1. The van der Waals surface area contributed by atoms with Gasteiger partial charge in [0.2, 0.25) is 5.91 Å². The molecule has 7 nitrogen and oxygen atoms in total. The van der Waals surface area contributed by atoms with E-state index in [0.29, 0.717) is 12.3 Å². The number of rotatable bonds is 8. The quantitative estimate of drug-likeness (QED) is 0.765. The molecule has 2 rings (SSSR count). The van der Waals surface area contributed by atoms with Crippen LogP contribution < -0.4 is 5.32 Å². The second-order valence-corrected chi connectivity index (χ2v) is 6.80. The van der Waals surface area contributed by atoms with Crippen molar-refractivity contribution in [2.45, 2.75) is 45.6 Å². The number of nitrogens with zero attached hydrogens (tertiary/aromatic N) is 4. The second kappa shape index (κ2) is 8.01. The predicted octanol–water partition coefficient (Wildman–Crippen LogP) is 1.51. The molecular formula is C17H25N5O2. The molecule has 1 amide bonds. The van der Waals surface area contributed by atoms with Crippen molar-refractivity contribution in [1.29, 1.82) is 0 Å². The predicted molar refractivity (Wildman–Crippen MR) is 90.6 cm³/mol. The number of aromatic nitrogens is 4. The molecule has 0 fully saturated rings.